The molecular weight excluding hydrogens is 346 g/mol. The minimum absolute atomic E-state index is 0.137. The number of hydrogen-bond acceptors (Lipinski definition) is 3. The van der Waals surface area contributed by atoms with Crippen molar-refractivity contribution < 1.29 is 13.2 Å². The number of aryl methyl sites for hydroxylation is 1. The zero-order valence-corrected chi connectivity index (χ0v) is 15.0. The van der Waals surface area contributed by atoms with E-state index in [2.05, 4.69) is 11.3 Å². The van der Waals surface area contributed by atoms with E-state index in [9.17, 15) is 13.2 Å². The minimum Gasteiger partial charge on any atom is -0.295 e. The molecule has 0 radical (unpaired) electrons. The number of halogens is 1. The molecule has 24 heavy (non-hydrogen) atoms. The Morgan fingerprint density at radius 3 is 2.33 bits per heavy atom. The molecule has 1 atom stereocenters. The van der Waals surface area contributed by atoms with E-state index in [-0.39, 0.29) is 16.3 Å². The normalized spacial score (nSPS) is 12.6. The average molecular weight is 364 g/mol. The number of carbonyl (C=O) groups excluding carboxylic acids is 1. The zero-order chi connectivity index (χ0) is 17.9. The van der Waals surface area contributed by atoms with E-state index in [0.29, 0.717) is 10.6 Å². The molecule has 126 valence electrons. The number of ketones is 1. The van der Waals surface area contributed by atoms with Crippen molar-refractivity contribution in [2.75, 3.05) is 0 Å². The van der Waals surface area contributed by atoms with Crippen molar-refractivity contribution in [2.24, 2.45) is 0 Å². The van der Waals surface area contributed by atoms with Crippen LogP contribution in [0.1, 0.15) is 24.1 Å². The van der Waals surface area contributed by atoms with Gasteiger partial charge in [-0.3, -0.25) is 4.79 Å². The van der Waals surface area contributed by atoms with E-state index in [1.807, 2.05) is 13.0 Å². The molecule has 0 unspecified atom stereocenters. The maximum absolute atomic E-state index is 12.7. The number of sulfonamides is 1. The first-order chi connectivity index (χ1) is 11.2. The third kappa shape index (κ3) is 4.32. The third-order valence-electron chi connectivity index (χ3n) is 3.58. The van der Waals surface area contributed by atoms with Crippen LogP contribution in [0.5, 0.6) is 0 Å². The standard InChI is InChI=1S/C18H18ClNO3S/c1-12-5-4-6-17(11-12)24(22,23)20-18(13(2)14(3)21)15-7-9-16(19)10-8-15/h4-11,18,20H,2H2,1,3H3/t18-/m0/s1. The molecule has 0 saturated carbocycles. The predicted octanol–water partition coefficient (Wildman–Crippen LogP) is 3.81. The van der Waals surface area contributed by atoms with Gasteiger partial charge in [-0.25, -0.2) is 8.42 Å². The van der Waals surface area contributed by atoms with Gasteiger partial charge in [0, 0.05) is 10.6 Å². The van der Waals surface area contributed by atoms with Crippen LogP contribution in [0.3, 0.4) is 0 Å². The Bertz CT molecular complexity index is 873. The van der Waals surface area contributed by atoms with E-state index >= 15 is 0 Å². The summed E-state index contributed by atoms with van der Waals surface area (Å²) in [6, 6.07) is 12.3. The zero-order valence-electron chi connectivity index (χ0n) is 13.4. The average Bonchev–Trinajstić information content (AvgIpc) is 2.53. The Morgan fingerprint density at radius 1 is 1.17 bits per heavy atom. The smallest absolute Gasteiger partial charge is 0.241 e. The molecule has 1 N–H and O–H groups in total. The van der Waals surface area contributed by atoms with Crippen molar-refractivity contribution in [3.8, 4) is 0 Å². The second-order valence-corrected chi connectivity index (χ2v) is 7.65. The van der Waals surface area contributed by atoms with Gasteiger partial charge < -0.3 is 0 Å². The summed E-state index contributed by atoms with van der Waals surface area (Å²) in [5, 5.41) is 0.521. The molecule has 2 aromatic carbocycles. The highest BCUT2D eigenvalue weighted by Crippen LogP contribution is 2.25. The molecule has 0 aromatic heterocycles. The molecule has 0 fully saturated rings. The predicted molar refractivity (Wildman–Crippen MR) is 95.5 cm³/mol. The molecule has 2 rings (SSSR count). The Balaban J connectivity index is 2.43. The lowest BCUT2D eigenvalue weighted by Gasteiger charge is -2.20. The summed E-state index contributed by atoms with van der Waals surface area (Å²) in [5.41, 5.74) is 1.58. The minimum atomic E-state index is -3.81. The van der Waals surface area contributed by atoms with Gasteiger partial charge in [-0.1, -0.05) is 42.4 Å². The maximum atomic E-state index is 12.7. The van der Waals surface area contributed by atoms with Crippen LogP contribution in [0.4, 0.5) is 0 Å². The maximum Gasteiger partial charge on any atom is 0.241 e. The molecule has 0 spiro atoms. The van der Waals surface area contributed by atoms with Crippen molar-refractivity contribution in [3.63, 3.8) is 0 Å². The highest BCUT2D eigenvalue weighted by atomic mass is 35.5. The largest absolute Gasteiger partial charge is 0.295 e. The van der Waals surface area contributed by atoms with Gasteiger partial charge >= 0.3 is 0 Å². The number of nitrogens with one attached hydrogen (secondary N) is 1. The summed E-state index contributed by atoms with van der Waals surface area (Å²) in [7, 11) is -3.81. The lowest BCUT2D eigenvalue weighted by Crippen LogP contribution is -2.31. The van der Waals surface area contributed by atoms with Gasteiger partial charge in [-0.15, -0.1) is 0 Å². The molecule has 0 heterocycles. The van der Waals surface area contributed by atoms with Gasteiger partial charge in [0.1, 0.15) is 0 Å². The van der Waals surface area contributed by atoms with E-state index in [0.717, 1.165) is 5.56 Å². The summed E-state index contributed by atoms with van der Waals surface area (Å²) >= 11 is 5.88. The molecule has 0 amide bonds. The number of benzene rings is 2. The Hall–Kier alpha value is -1.95. The topological polar surface area (TPSA) is 63.2 Å². The van der Waals surface area contributed by atoms with Crippen molar-refractivity contribution in [1.82, 2.24) is 4.72 Å². The molecule has 0 aliphatic rings. The summed E-state index contributed by atoms with van der Waals surface area (Å²) in [4.78, 5) is 11.9. The Morgan fingerprint density at radius 2 is 1.79 bits per heavy atom. The number of hydrogen-bond donors (Lipinski definition) is 1. The SMILES string of the molecule is C=C(C(C)=O)[C@H](NS(=O)(=O)c1cccc(C)c1)c1ccc(Cl)cc1. The monoisotopic (exact) mass is 363 g/mol. The van der Waals surface area contributed by atoms with Crippen LogP contribution in [0, 0.1) is 6.92 Å². The second-order valence-electron chi connectivity index (χ2n) is 5.50. The highest BCUT2D eigenvalue weighted by molar-refractivity contribution is 7.89. The molecule has 0 bridgehead atoms. The summed E-state index contributed by atoms with van der Waals surface area (Å²) in [6.07, 6.45) is 0. The fourth-order valence-electron chi connectivity index (χ4n) is 2.20. The van der Waals surface area contributed by atoms with Crippen LogP contribution < -0.4 is 4.72 Å². The van der Waals surface area contributed by atoms with Crippen LogP contribution in [-0.2, 0) is 14.8 Å². The van der Waals surface area contributed by atoms with Crippen molar-refractivity contribution in [3.05, 3.63) is 76.8 Å². The molecular formula is C18H18ClNO3S. The fraction of sp³-hybridized carbons (Fsp3) is 0.167. The Labute approximate surface area is 147 Å². The first-order valence-corrected chi connectivity index (χ1v) is 9.11. The van der Waals surface area contributed by atoms with Crippen LogP contribution in [0.15, 0.2) is 65.6 Å². The third-order valence-corrected chi connectivity index (χ3v) is 5.25. The van der Waals surface area contributed by atoms with Gasteiger partial charge in [0.15, 0.2) is 5.78 Å². The first-order valence-electron chi connectivity index (χ1n) is 7.25. The fourth-order valence-corrected chi connectivity index (χ4v) is 3.65. The summed E-state index contributed by atoms with van der Waals surface area (Å²) in [5.74, 6) is -0.290. The van der Waals surface area contributed by atoms with Crippen molar-refractivity contribution >= 4 is 27.4 Å². The van der Waals surface area contributed by atoms with Crippen LogP contribution in [-0.4, -0.2) is 14.2 Å². The molecule has 6 heteroatoms. The number of rotatable bonds is 6. The summed E-state index contributed by atoms with van der Waals surface area (Å²) < 4.78 is 27.9. The molecule has 0 aliphatic heterocycles. The molecule has 0 saturated heterocycles. The molecule has 0 aliphatic carbocycles. The number of carbonyl (C=O) groups is 1. The summed E-state index contributed by atoms with van der Waals surface area (Å²) in [6.45, 7) is 6.90. The van der Waals surface area contributed by atoms with Crippen LogP contribution in [0.2, 0.25) is 5.02 Å². The van der Waals surface area contributed by atoms with Gasteiger partial charge in [0.25, 0.3) is 0 Å². The van der Waals surface area contributed by atoms with Gasteiger partial charge in [-0.05, 0) is 49.2 Å². The molecule has 2 aromatic rings. The highest BCUT2D eigenvalue weighted by Gasteiger charge is 2.25. The van der Waals surface area contributed by atoms with E-state index in [1.165, 1.54) is 13.0 Å². The lowest BCUT2D eigenvalue weighted by molar-refractivity contribution is -0.113. The van der Waals surface area contributed by atoms with E-state index < -0.39 is 16.1 Å². The lowest BCUT2D eigenvalue weighted by atomic mass is 9.98. The van der Waals surface area contributed by atoms with Crippen molar-refractivity contribution in [1.29, 1.82) is 0 Å². The van der Waals surface area contributed by atoms with Crippen LogP contribution in [0.25, 0.3) is 0 Å². The van der Waals surface area contributed by atoms with Gasteiger partial charge in [0.2, 0.25) is 10.0 Å². The Kier molecular flexibility index (Phi) is 5.59. The van der Waals surface area contributed by atoms with E-state index in [1.54, 1.807) is 36.4 Å². The first kappa shape index (κ1) is 18.4. The molecule has 4 nitrogen and oxygen atoms in total. The quantitative estimate of drug-likeness (QED) is 0.793. The van der Waals surface area contributed by atoms with Crippen molar-refractivity contribution in [2.45, 2.75) is 24.8 Å². The van der Waals surface area contributed by atoms with E-state index in [4.69, 9.17) is 11.6 Å². The van der Waals surface area contributed by atoms with Gasteiger partial charge in [0.05, 0.1) is 10.9 Å². The second kappa shape index (κ2) is 7.30. The van der Waals surface area contributed by atoms with Crippen LogP contribution >= 0.6 is 11.6 Å². The van der Waals surface area contributed by atoms with Gasteiger partial charge in [-0.2, -0.15) is 4.72 Å². The number of Topliss-reactive ketones (excluding diaryl/α,β-unsaturated/α-hetero) is 1.